The van der Waals surface area contributed by atoms with E-state index in [0.29, 0.717) is 11.7 Å². The average Bonchev–Trinajstić information content (AvgIpc) is 2.54. The van der Waals surface area contributed by atoms with Gasteiger partial charge in [0, 0.05) is 24.8 Å². The number of piperidine rings is 1. The van der Waals surface area contributed by atoms with Crippen LogP contribution >= 0.6 is 0 Å². The van der Waals surface area contributed by atoms with Crippen LogP contribution in [-0.2, 0) is 0 Å². The second kappa shape index (κ2) is 6.72. The van der Waals surface area contributed by atoms with Crippen molar-refractivity contribution in [3.05, 3.63) is 66.0 Å². The van der Waals surface area contributed by atoms with Gasteiger partial charge in [0.1, 0.15) is 17.7 Å². The second-order valence-electron chi connectivity index (χ2n) is 5.61. The maximum atomic E-state index is 13.4. The summed E-state index contributed by atoms with van der Waals surface area (Å²) in [4.78, 5) is 0. The predicted molar refractivity (Wildman–Crippen MR) is 80.6 cm³/mol. The molecule has 0 amide bonds. The average molecular weight is 286 g/mol. The highest BCUT2D eigenvalue weighted by atomic mass is 19.1. The van der Waals surface area contributed by atoms with E-state index in [2.05, 4.69) is 17.4 Å². The van der Waals surface area contributed by atoms with Crippen molar-refractivity contribution in [3.8, 4) is 5.75 Å². The van der Waals surface area contributed by atoms with Crippen LogP contribution in [0.1, 0.15) is 24.5 Å². The molecule has 3 heteroatoms. The number of nitrogens with two attached hydrogens (primary N) is 1. The minimum Gasteiger partial charge on any atom is -0.485 e. The largest absolute Gasteiger partial charge is 0.485 e. The maximum absolute atomic E-state index is 13.4. The molecule has 0 spiro atoms. The van der Waals surface area contributed by atoms with Gasteiger partial charge in [-0.05, 0) is 17.7 Å². The van der Waals surface area contributed by atoms with E-state index in [-0.39, 0.29) is 11.9 Å². The van der Waals surface area contributed by atoms with Gasteiger partial charge in [0.25, 0.3) is 0 Å². The summed E-state index contributed by atoms with van der Waals surface area (Å²) >= 11 is 0. The number of hydrogen-bond donors (Lipinski definition) is 1. The van der Waals surface area contributed by atoms with E-state index in [0.717, 1.165) is 25.9 Å². The van der Waals surface area contributed by atoms with E-state index < -0.39 is 0 Å². The Labute approximate surface area is 125 Å². The molecule has 1 aliphatic heterocycles. The first kappa shape index (κ1) is 14.1. The lowest BCUT2D eigenvalue weighted by Crippen LogP contribution is -2.86. The molecule has 2 nitrogen and oxygen atoms in total. The van der Waals surface area contributed by atoms with E-state index in [4.69, 9.17) is 4.74 Å². The molecule has 0 bridgehead atoms. The molecule has 1 saturated heterocycles. The van der Waals surface area contributed by atoms with E-state index in [9.17, 15) is 4.39 Å². The lowest BCUT2D eigenvalue weighted by Gasteiger charge is -2.30. The predicted octanol–water partition coefficient (Wildman–Crippen LogP) is 2.92. The van der Waals surface area contributed by atoms with Crippen molar-refractivity contribution in [1.82, 2.24) is 0 Å². The molecule has 0 radical (unpaired) electrons. The fourth-order valence-electron chi connectivity index (χ4n) is 3.02. The molecule has 3 rings (SSSR count). The Balaban J connectivity index is 1.85. The molecular formula is C18H21FNO+. The van der Waals surface area contributed by atoms with Crippen molar-refractivity contribution in [3.63, 3.8) is 0 Å². The summed E-state index contributed by atoms with van der Waals surface area (Å²) in [6.07, 6.45) is 2.27. The quantitative estimate of drug-likeness (QED) is 0.919. The van der Waals surface area contributed by atoms with Gasteiger partial charge in [-0.3, -0.25) is 0 Å². The lowest BCUT2D eigenvalue weighted by molar-refractivity contribution is -0.665. The van der Waals surface area contributed by atoms with Gasteiger partial charge < -0.3 is 10.1 Å². The Kier molecular flexibility index (Phi) is 4.51. The molecule has 1 atom stereocenters. The molecular weight excluding hydrogens is 265 g/mol. The van der Waals surface area contributed by atoms with Crippen LogP contribution in [-0.4, -0.2) is 13.1 Å². The zero-order valence-electron chi connectivity index (χ0n) is 12.0. The van der Waals surface area contributed by atoms with E-state index in [1.165, 1.54) is 17.7 Å². The van der Waals surface area contributed by atoms with Gasteiger partial charge in [0.05, 0.1) is 13.1 Å². The van der Waals surface area contributed by atoms with Crippen LogP contribution < -0.4 is 10.1 Å². The molecule has 1 fully saturated rings. The van der Waals surface area contributed by atoms with Crippen molar-refractivity contribution in [2.75, 3.05) is 13.1 Å². The molecule has 110 valence electrons. The monoisotopic (exact) mass is 286 g/mol. The Morgan fingerprint density at radius 1 is 1.00 bits per heavy atom. The topological polar surface area (TPSA) is 25.8 Å². The molecule has 0 aliphatic carbocycles. The van der Waals surface area contributed by atoms with Crippen LogP contribution in [0.15, 0.2) is 54.6 Å². The van der Waals surface area contributed by atoms with Gasteiger partial charge >= 0.3 is 0 Å². The third-order valence-electron chi connectivity index (χ3n) is 4.10. The highest BCUT2D eigenvalue weighted by Crippen LogP contribution is 2.32. The number of ether oxygens (including phenoxy) is 1. The summed E-state index contributed by atoms with van der Waals surface area (Å²) in [6.45, 7) is 2.28. The van der Waals surface area contributed by atoms with Crippen LogP contribution in [0.2, 0.25) is 0 Å². The first-order chi connectivity index (χ1) is 10.3. The summed E-state index contributed by atoms with van der Waals surface area (Å²) in [5, 5.41) is 2.35. The van der Waals surface area contributed by atoms with E-state index >= 15 is 0 Å². The molecule has 0 saturated carbocycles. The minimum absolute atomic E-state index is 0.00157. The van der Waals surface area contributed by atoms with Crippen molar-refractivity contribution in [2.45, 2.75) is 18.9 Å². The van der Waals surface area contributed by atoms with Gasteiger partial charge in [-0.15, -0.1) is 0 Å². The number of benzene rings is 2. The SMILES string of the molecule is Fc1cccc(O[C@H](c2ccccc2)C2CC[NH2+]CC2)c1. The number of rotatable bonds is 4. The highest BCUT2D eigenvalue weighted by molar-refractivity contribution is 5.25. The Morgan fingerprint density at radius 2 is 1.76 bits per heavy atom. The van der Waals surface area contributed by atoms with Gasteiger partial charge in [0.15, 0.2) is 0 Å². The normalized spacial score (nSPS) is 17.4. The van der Waals surface area contributed by atoms with Crippen LogP contribution in [0.3, 0.4) is 0 Å². The highest BCUT2D eigenvalue weighted by Gasteiger charge is 2.28. The minimum atomic E-state index is -0.253. The Bertz CT molecular complexity index is 566. The third-order valence-corrected chi connectivity index (χ3v) is 4.10. The summed E-state index contributed by atoms with van der Waals surface area (Å²) in [6, 6.07) is 16.7. The number of halogens is 1. The summed E-state index contributed by atoms with van der Waals surface area (Å²) in [7, 11) is 0. The zero-order chi connectivity index (χ0) is 14.5. The van der Waals surface area contributed by atoms with Crippen molar-refractivity contribution >= 4 is 0 Å². The van der Waals surface area contributed by atoms with Crippen LogP contribution in [0.4, 0.5) is 4.39 Å². The maximum Gasteiger partial charge on any atom is 0.127 e. The zero-order valence-corrected chi connectivity index (χ0v) is 12.0. The Hall–Kier alpha value is -1.87. The number of quaternary nitrogens is 1. The fourth-order valence-corrected chi connectivity index (χ4v) is 3.02. The van der Waals surface area contributed by atoms with E-state index in [1.807, 2.05) is 24.3 Å². The van der Waals surface area contributed by atoms with Crippen LogP contribution in [0.5, 0.6) is 5.75 Å². The van der Waals surface area contributed by atoms with Crippen molar-refractivity contribution in [1.29, 1.82) is 0 Å². The second-order valence-corrected chi connectivity index (χ2v) is 5.61. The molecule has 21 heavy (non-hydrogen) atoms. The molecule has 2 N–H and O–H groups in total. The molecule has 1 heterocycles. The van der Waals surface area contributed by atoms with E-state index in [1.54, 1.807) is 6.07 Å². The van der Waals surface area contributed by atoms with Crippen molar-refractivity contribution in [2.24, 2.45) is 5.92 Å². The molecule has 0 unspecified atom stereocenters. The van der Waals surface area contributed by atoms with Crippen LogP contribution in [0, 0.1) is 11.7 Å². The molecule has 2 aromatic carbocycles. The summed E-state index contributed by atoms with van der Waals surface area (Å²) < 4.78 is 19.5. The molecule has 1 aliphatic rings. The first-order valence-corrected chi connectivity index (χ1v) is 7.62. The van der Waals surface area contributed by atoms with Crippen LogP contribution in [0.25, 0.3) is 0 Å². The number of hydrogen-bond acceptors (Lipinski definition) is 1. The first-order valence-electron chi connectivity index (χ1n) is 7.62. The third kappa shape index (κ3) is 3.61. The van der Waals surface area contributed by atoms with Gasteiger partial charge in [-0.25, -0.2) is 4.39 Å². The summed E-state index contributed by atoms with van der Waals surface area (Å²) in [5.74, 6) is 0.843. The fraction of sp³-hybridized carbons (Fsp3) is 0.333. The standard InChI is InChI=1S/C18H20FNO/c19-16-7-4-8-17(13-16)21-18(14-5-2-1-3-6-14)15-9-11-20-12-10-15/h1-8,13,15,18,20H,9-12H2/p+1/t18-/m1/s1. The molecule has 0 aromatic heterocycles. The summed E-state index contributed by atoms with van der Waals surface area (Å²) in [5.41, 5.74) is 1.17. The van der Waals surface area contributed by atoms with Gasteiger partial charge in [-0.1, -0.05) is 36.4 Å². The molecule has 2 aromatic rings. The van der Waals surface area contributed by atoms with Gasteiger partial charge in [-0.2, -0.15) is 0 Å². The lowest BCUT2D eigenvalue weighted by atomic mass is 9.88. The van der Waals surface area contributed by atoms with Crippen molar-refractivity contribution < 1.29 is 14.4 Å². The van der Waals surface area contributed by atoms with Gasteiger partial charge in [0.2, 0.25) is 0 Å². The smallest absolute Gasteiger partial charge is 0.127 e. The Morgan fingerprint density at radius 3 is 2.48 bits per heavy atom.